The van der Waals surface area contributed by atoms with Gasteiger partial charge in [0, 0.05) is 0 Å². The number of rotatable bonds is 2. The molecule has 0 unspecified atom stereocenters. The van der Waals surface area contributed by atoms with Gasteiger partial charge in [-0.3, -0.25) is 0 Å². The van der Waals surface area contributed by atoms with Crippen LogP contribution in [0.3, 0.4) is 0 Å². The maximum atomic E-state index is 5.41. The van der Waals surface area contributed by atoms with E-state index in [1.807, 2.05) is 0 Å². The minimum atomic E-state index is 0.491. The zero-order chi connectivity index (χ0) is 9.14. The second kappa shape index (κ2) is 3.61. The lowest BCUT2D eigenvalue weighted by Gasteiger charge is -2.10. The molecule has 0 atom stereocenters. The van der Waals surface area contributed by atoms with E-state index in [0.29, 0.717) is 6.61 Å². The molecular weight excluding hydrogens is 148 g/mol. The Bertz CT molecular complexity index is 253. The van der Waals surface area contributed by atoms with Crippen molar-refractivity contribution in [1.29, 1.82) is 0 Å². The summed E-state index contributed by atoms with van der Waals surface area (Å²) >= 11 is 0. The molecule has 0 saturated heterocycles. The fraction of sp³-hybridized carbons (Fsp3) is 0.364. The fourth-order valence-corrected chi connectivity index (χ4v) is 1.50. The van der Waals surface area contributed by atoms with Crippen molar-refractivity contribution in [2.75, 3.05) is 6.61 Å². The quantitative estimate of drug-likeness (QED) is 0.651. The van der Waals surface area contributed by atoms with Gasteiger partial charge in [0.05, 0.1) is 6.61 Å². The molecule has 0 aromatic heterocycles. The van der Waals surface area contributed by atoms with Gasteiger partial charge >= 0.3 is 0 Å². The highest BCUT2D eigenvalue weighted by atomic mass is 16.5. The second-order valence-corrected chi connectivity index (χ2v) is 3.08. The molecule has 1 aromatic rings. The first-order chi connectivity index (χ1) is 5.65. The average molecular weight is 163 g/mol. The maximum Gasteiger partial charge on any atom is 0.125 e. The molecule has 1 aromatic carbocycles. The van der Waals surface area contributed by atoms with Gasteiger partial charge in [0.15, 0.2) is 0 Å². The molecule has 0 aliphatic rings. The van der Waals surface area contributed by atoms with E-state index in [1.54, 1.807) is 0 Å². The van der Waals surface area contributed by atoms with Gasteiger partial charge in [-0.1, -0.05) is 17.7 Å². The van der Waals surface area contributed by atoms with E-state index < -0.39 is 0 Å². The van der Waals surface area contributed by atoms with Crippen molar-refractivity contribution in [1.82, 2.24) is 0 Å². The van der Waals surface area contributed by atoms with Crippen molar-refractivity contribution in [3.63, 3.8) is 0 Å². The number of ether oxygens (including phenoxy) is 1. The molecule has 0 heterocycles. The summed E-state index contributed by atoms with van der Waals surface area (Å²) in [5.41, 5.74) is 3.66. The number of hydrogen-bond acceptors (Lipinski definition) is 1. The third-order valence-electron chi connectivity index (χ3n) is 1.85. The largest absolute Gasteiger partial charge is 0.493 e. The summed E-state index contributed by atoms with van der Waals surface area (Å²) in [5.74, 6) is 0.982. The van der Waals surface area contributed by atoms with Crippen LogP contribution in [0.25, 0.3) is 0 Å². The summed E-state index contributed by atoms with van der Waals surface area (Å²) in [4.78, 5) is 0. The van der Waals surface area contributed by atoms with E-state index in [4.69, 9.17) is 4.74 Å². The molecule has 0 bridgehead atoms. The van der Waals surface area contributed by atoms with Crippen molar-refractivity contribution < 1.29 is 4.74 Å². The third kappa shape index (κ3) is 1.79. The van der Waals surface area contributed by atoms with Crippen LogP contribution < -0.4 is 4.74 Å². The monoisotopic (exact) mass is 163 g/mol. The van der Waals surface area contributed by atoms with E-state index >= 15 is 0 Å². The number of aryl methyl sites for hydroxylation is 3. The molecule has 0 amide bonds. The third-order valence-corrected chi connectivity index (χ3v) is 1.85. The summed E-state index contributed by atoms with van der Waals surface area (Å²) in [6.07, 6.45) is 0. The van der Waals surface area contributed by atoms with Crippen molar-refractivity contribution in [2.24, 2.45) is 0 Å². The van der Waals surface area contributed by atoms with Gasteiger partial charge in [0.1, 0.15) is 5.75 Å². The lowest BCUT2D eigenvalue weighted by molar-refractivity contribution is 0.356. The minimum Gasteiger partial charge on any atom is -0.493 e. The molecule has 1 radical (unpaired) electrons. The van der Waals surface area contributed by atoms with Gasteiger partial charge in [-0.05, 0) is 38.8 Å². The molecule has 0 aliphatic carbocycles. The van der Waals surface area contributed by atoms with E-state index in [1.165, 1.54) is 16.7 Å². The smallest absolute Gasteiger partial charge is 0.125 e. The Morgan fingerprint density at radius 3 is 2.08 bits per heavy atom. The predicted molar refractivity (Wildman–Crippen MR) is 51.5 cm³/mol. The van der Waals surface area contributed by atoms with E-state index in [9.17, 15) is 0 Å². The lowest BCUT2D eigenvalue weighted by Crippen LogP contribution is -1.97. The molecule has 0 N–H and O–H groups in total. The van der Waals surface area contributed by atoms with Crippen LogP contribution in [0.15, 0.2) is 12.1 Å². The molecule has 1 heteroatoms. The normalized spacial score (nSPS) is 10.0. The topological polar surface area (TPSA) is 9.23 Å². The molecule has 0 saturated carbocycles. The van der Waals surface area contributed by atoms with Crippen LogP contribution in [0.2, 0.25) is 0 Å². The molecule has 1 rings (SSSR count). The van der Waals surface area contributed by atoms with Gasteiger partial charge in [-0.15, -0.1) is 0 Å². The Labute approximate surface area is 74.4 Å². The Balaban J connectivity index is 3.10. The van der Waals surface area contributed by atoms with E-state index in [0.717, 1.165) is 5.75 Å². The summed E-state index contributed by atoms with van der Waals surface area (Å²) in [6, 6.07) is 4.25. The molecule has 1 nitrogen and oxygen atoms in total. The average Bonchev–Trinajstić information content (AvgIpc) is 1.96. The molecule has 0 spiro atoms. The highest BCUT2D eigenvalue weighted by Crippen LogP contribution is 2.24. The van der Waals surface area contributed by atoms with Gasteiger partial charge < -0.3 is 4.74 Å². The van der Waals surface area contributed by atoms with Crippen LogP contribution in [-0.2, 0) is 0 Å². The van der Waals surface area contributed by atoms with Crippen molar-refractivity contribution in [3.8, 4) is 5.75 Å². The standard InChI is InChI=1S/C11H15O/c1-5-12-11-9(3)6-8(2)7-10(11)4/h6-7H,1,5H2,2-4H3. The Hall–Kier alpha value is -0.980. The Kier molecular flexibility index (Phi) is 2.74. The van der Waals surface area contributed by atoms with Gasteiger partial charge in [0.25, 0.3) is 0 Å². The zero-order valence-electron chi connectivity index (χ0n) is 7.98. The Morgan fingerprint density at radius 1 is 1.17 bits per heavy atom. The van der Waals surface area contributed by atoms with Crippen molar-refractivity contribution in [3.05, 3.63) is 35.7 Å². The van der Waals surface area contributed by atoms with Crippen LogP contribution in [0, 0.1) is 27.7 Å². The first-order valence-electron chi connectivity index (χ1n) is 4.15. The van der Waals surface area contributed by atoms with Crippen molar-refractivity contribution >= 4 is 0 Å². The van der Waals surface area contributed by atoms with Crippen LogP contribution in [0.5, 0.6) is 5.75 Å². The highest BCUT2D eigenvalue weighted by Gasteiger charge is 2.02. The zero-order valence-corrected chi connectivity index (χ0v) is 7.98. The summed E-state index contributed by atoms with van der Waals surface area (Å²) in [6.45, 7) is 10.4. The van der Waals surface area contributed by atoms with Crippen LogP contribution in [0.4, 0.5) is 0 Å². The minimum absolute atomic E-state index is 0.491. The lowest BCUT2D eigenvalue weighted by atomic mass is 10.1. The van der Waals surface area contributed by atoms with Gasteiger partial charge in [-0.2, -0.15) is 0 Å². The first-order valence-corrected chi connectivity index (χ1v) is 4.15. The number of hydrogen-bond donors (Lipinski definition) is 0. The molecule has 65 valence electrons. The molecular formula is C11H15O. The van der Waals surface area contributed by atoms with Crippen LogP contribution >= 0.6 is 0 Å². The molecule has 12 heavy (non-hydrogen) atoms. The van der Waals surface area contributed by atoms with Gasteiger partial charge in [-0.25, -0.2) is 0 Å². The molecule has 0 aliphatic heterocycles. The number of benzene rings is 1. The summed E-state index contributed by atoms with van der Waals surface area (Å²) in [7, 11) is 0. The summed E-state index contributed by atoms with van der Waals surface area (Å²) in [5, 5.41) is 0. The Morgan fingerprint density at radius 2 is 1.67 bits per heavy atom. The van der Waals surface area contributed by atoms with Crippen molar-refractivity contribution in [2.45, 2.75) is 20.8 Å². The maximum absolute atomic E-state index is 5.41. The second-order valence-electron chi connectivity index (χ2n) is 3.08. The first kappa shape index (κ1) is 9.11. The highest BCUT2D eigenvalue weighted by molar-refractivity contribution is 5.42. The van der Waals surface area contributed by atoms with Crippen LogP contribution in [-0.4, -0.2) is 6.61 Å². The van der Waals surface area contributed by atoms with E-state index in [2.05, 4.69) is 39.8 Å². The van der Waals surface area contributed by atoms with Crippen LogP contribution in [0.1, 0.15) is 16.7 Å². The fourth-order valence-electron chi connectivity index (χ4n) is 1.50. The van der Waals surface area contributed by atoms with E-state index in [-0.39, 0.29) is 0 Å². The predicted octanol–water partition coefficient (Wildman–Crippen LogP) is 2.82. The van der Waals surface area contributed by atoms with Gasteiger partial charge in [0.2, 0.25) is 0 Å². The SMILES string of the molecule is [CH2]COc1c(C)cc(C)cc1C. The molecule has 0 fully saturated rings. The summed E-state index contributed by atoms with van der Waals surface area (Å²) < 4.78 is 5.41.